The van der Waals surface area contributed by atoms with Crippen LogP contribution in [0.5, 0.6) is 0 Å². The molecule has 0 amide bonds. The van der Waals surface area contributed by atoms with Crippen molar-refractivity contribution in [3.8, 4) is 0 Å². The molecule has 1 aromatic heterocycles. The smallest absolute Gasteiger partial charge is 0.0366 e. The van der Waals surface area contributed by atoms with E-state index in [0.717, 1.165) is 19.5 Å². The van der Waals surface area contributed by atoms with Crippen molar-refractivity contribution in [2.45, 2.75) is 26.2 Å². The molecule has 1 aromatic carbocycles. The number of nitrogens with zero attached hydrogens (tertiary/aromatic N) is 1. The molecule has 0 fully saturated rings. The van der Waals surface area contributed by atoms with Gasteiger partial charge in [-0.15, -0.1) is 11.3 Å². The van der Waals surface area contributed by atoms with Gasteiger partial charge in [0.1, 0.15) is 0 Å². The second kappa shape index (κ2) is 7.46. The van der Waals surface area contributed by atoms with Crippen molar-refractivity contribution in [1.82, 2.24) is 0 Å². The van der Waals surface area contributed by atoms with E-state index in [4.69, 9.17) is 5.73 Å². The third-order valence-electron chi connectivity index (χ3n) is 3.78. The maximum Gasteiger partial charge on any atom is 0.0366 e. The summed E-state index contributed by atoms with van der Waals surface area (Å²) in [6.45, 7) is 7.20. The van der Waals surface area contributed by atoms with Gasteiger partial charge in [-0.3, -0.25) is 0 Å². The zero-order valence-electron chi connectivity index (χ0n) is 12.4. The average Bonchev–Trinajstić information content (AvgIpc) is 3.01. The molecule has 2 N–H and O–H groups in total. The normalized spacial score (nSPS) is 12.3. The third-order valence-corrected chi connectivity index (χ3v) is 4.81. The Hall–Kier alpha value is -1.32. The Morgan fingerprint density at radius 3 is 2.30 bits per heavy atom. The molecule has 2 rings (SSSR count). The van der Waals surface area contributed by atoms with E-state index in [1.54, 1.807) is 11.3 Å². The van der Waals surface area contributed by atoms with Crippen LogP contribution in [0.1, 0.15) is 30.2 Å². The standard InChI is InChI=1S/C17H24N2S/c1-3-19(4-2)16-9-7-14(8-10-16)12-15(13-18)17-6-5-11-20-17/h5-11,15H,3-4,12-13,18H2,1-2H3. The van der Waals surface area contributed by atoms with Crippen molar-refractivity contribution in [1.29, 1.82) is 0 Å². The van der Waals surface area contributed by atoms with E-state index in [1.807, 2.05) is 0 Å². The number of anilines is 1. The molecule has 0 saturated heterocycles. The lowest BCUT2D eigenvalue weighted by Crippen LogP contribution is -2.21. The molecule has 0 aliphatic heterocycles. The van der Waals surface area contributed by atoms with E-state index in [9.17, 15) is 0 Å². The minimum absolute atomic E-state index is 0.439. The molecule has 108 valence electrons. The van der Waals surface area contributed by atoms with E-state index in [0.29, 0.717) is 12.5 Å². The molecule has 0 radical (unpaired) electrons. The summed E-state index contributed by atoms with van der Waals surface area (Å²) in [5.74, 6) is 0.439. The highest BCUT2D eigenvalue weighted by atomic mass is 32.1. The van der Waals surface area contributed by atoms with E-state index >= 15 is 0 Å². The van der Waals surface area contributed by atoms with Gasteiger partial charge < -0.3 is 10.6 Å². The van der Waals surface area contributed by atoms with Crippen LogP contribution in [-0.2, 0) is 6.42 Å². The van der Waals surface area contributed by atoms with Crippen LogP contribution >= 0.6 is 11.3 Å². The fourth-order valence-corrected chi connectivity index (χ4v) is 3.38. The molecular formula is C17H24N2S. The van der Waals surface area contributed by atoms with Gasteiger partial charge in [-0.1, -0.05) is 18.2 Å². The molecule has 1 atom stereocenters. The van der Waals surface area contributed by atoms with Gasteiger partial charge in [-0.05, 0) is 49.4 Å². The second-order valence-corrected chi connectivity index (χ2v) is 5.97. The molecule has 20 heavy (non-hydrogen) atoms. The monoisotopic (exact) mass is 288 g/mol. The highest BCUT2D eigenvalue weighted by Crippen LogP contribution is 2.25. The zero-order chi connectivity index (χ0) is 14.4. The summed E-state index contributed by atoms with van der Waals surface area (Å²) in [6.07, 6.45) is 1.02. The van der Waals surface area contributed by atoms with E-state index in [1.165, 1.54) is 16.1 Å². The molecule has 2 nitrogen and oxygen atoms in total. The summed E-state index contributed by atoms with van der Waals surface area (Å²) in [7, 11) is 0. The molecule has 0 aliphatic carbocycles. The maximum absolute atomic E-state index is 5.93. The van der Waals surface area contributed by atoms with Crippen LogP contribution in [0.3, 0.4) is 0 Å². The Labute approximate surface area is 126 Å². The molecule has 2 aromatic rings. The lowest BCUT2D eigenvalue weighted by atomic mass is 9.97. The van der Waals surface area contributed by atoms with Crippen LogP contribution in [0.15, 0.2) is 41.8 Å². The Morgan fingerprint density at radius 2 is 1.80 bits per heavy atom. The number of rotatable bonds is 7. The van der Waals surface area contributed by atoms with E-state index in [2.05, 4.69) is 60.5 Å². The Kier molecular flexibility index (Phi) is 5.62. The van der Waals surface area contributed by atoms with Gasteiger partial charge in [0, 0.05) is 36.1 Å². The highest BCUT2D eigenvalue weighted by molar-refractivity contribution is 7.10. The van der Waals surface area contributed by atoms with Gasteiger partial charge in [0.05, 0.1) is 0 Å². The van der Waals surface area contributed by atoms with Crippen molar-refractivity contribution < 1.29 is 0 Å². The van der Waals surface area contributed by atoms with Crippen LogP contribution < -0.4 is 10.6 Å². The van der Waals surface area contributed by atoms with Crippen molar-refractivity contribution in [2.24, 2.45) is 5.73 Å². The summed E-state index contributed by atoms with van der Waals surface area (Å²) in [6, 6.07) is 13.2. The SMILES string of the molecule is CCN(CC)c1ccc(CC(CN)c2cccs2)cc1. The summed E-state index contributed by atoms with van der Waals surface area (Å²) in [5, 5.41) is 2.13. The third kappa shape index (κ3) is 3.62. The lowest BCUT2D eigenvalue weighted by Gasteiger charge is -2.21. The predicted octanol–water partition coefficient (Wildman–Crippen LogP) is 3.88. The van der Waals surface area contributed by atoms with Gasteiger partial charge in [0.15, 0.2) is 0 Å². The van der Waals surface area contributed by atoms with Crippen LogP contribution in [0.25, 0.3) is 0 Å². The van der Waals surface area contributed by atoms with Gasteiger partial charge in [-0.2, -0.15) is 0 Å². The van der Waals surface area contributed by atoms with Crippen LogP contribution in [0, 0.1) is 0 Å². The number of benzene rings is 1. The Morgan fingerprint density at radius 1 is 1.10 bits per heavy atom. The fraction of sp³-hybridized carbons (Fsp3) is 0.412. The Bertz CT molecular complexity index is 486. The van der Waals surface area contributed by atoms with Crippen LogP contribution in [0.4, 0.5) is 5.69 Å². The molecule has 1 heterocycles. The minimum atomic E-state index is 0.439. The van der Waals surface area contributed by atoms with Gasteiger partial charge >= 0.3 is 0 Å². The lowest BCUT2D eigenvalue weighted by molar-refractivity contribution is 0.707. The topological polar surface area (TPSA) is 29.3 Å². The first kappa shape index (κ1) is 15.1. The molecule has 0 aliphatic rings. The summed E-state index contributed by atoms with van der Waals surface area (Å²) in [5.41, 5.74) is 8.60. The number of nitrogens with two attached hydrogens (primary N) is 1. The van der Waals surface area contributed by atoms with Crippen molar-refractivity contribution in [3.63, 3.8) is 0 Å². The zero-order valence-corrected chi connectivity index (χ0v) is 13.2. The first-order valence-corrected chi connectivity index (χ1v) is 8.23. The number of hydrogen-bond donors (Lipinski definition) is 1. The maximum atomic E-state index is 5.93. The number of thiophene rings is 1. The first-order chi connectivity index (χ1) is 9.78. The number of hydrogen-bond acceptors (Lipinski definition) is 3. The van der Waals surface area contributed by atoms with Crippen LogP contribution in [-0.4, -0.2) is 19.6 Å². The molecule has 0 bridgehead atoms. The van der Waals surface area contributed by atoms with Crippen molar-refractivity contribution in [2.75, 3.05) is 24.5 Å². The van der Waals surface area contributed by atoms with Crippen molar-refractivity contribution in [3.05, 3.63) is 52.2 Å². The first-order valence-electron chi connectivity index (χ1n) is 7.35. The molecule has 0 saturated carbocycles. The molecule has 1 unspecified atom stereocenters. The van der Waals surface area contributed by atoms with Gasteiger partial charge in [0.25, 0.3) is 0 Å². The average molecular weight is 288 g/mol. The quantitative estimate of drug-likeness (QED) is 0.838. The minimum Gasteiger partial charge on any atom is -0.372 e. The van der Waals surface area contributed by atoms with Gasteiger partial charge in [0.2, 0.25) is 0 Å². The molecule has 0 spiro atoms. The van der Waals surface area contributed by atoms with Gasteiger partial charge in [-0.25, -0.2) is 0 Å². The van der Waals surface area contributed by atoms with Crippen LogP contribution in [0.2, 0.25) is 0 Å². The van der Waals surface area contributed by atoms with E-state index < -0.39 is 0 Å². The molecule has 3 heteroatoms. The second-order valence-electron chi connectivity index (χ2n) is 4.99. The summed E-state index contributed by atoms with van der Waals surface area (Å²) in [4.78, 5) is 3.75. The summed E-state index contributed by atoms with van der Waals surface area (Å²) >= 11 is 1.80. The van der Waals surface area contributed by atoms with E-state index in [-0.39, 0.29) is 0 Å². The fourth-order valence-electron chi connectivity index (χ4n) is 2.54. The Balaban J connectivity index is 2.06. The molecular weight excluding hydrogens is 264 g/mol. The predicted molar refractivity (Wildman–Crippen MR) is 89.8 cm³/mol. The highest BCUT2D eigenvalue weighted by Gasteiger charge is 2.12. The summed E-state index contributed by atoms with van der Waals surface area (Å²) < 4.78 is 0. The van der Waals surface area contributed by atoms with Crippen molar-refractivity contribution >= 4 is 17.0 Å². The largest absolute Gasteiger partial charge is 0.372 e.